The topological polar surface area (TPSA) is 49.4 Å². The van der Waals surface area contributed by atoms with Crippen LogP contribution in [0.2, 0.25) is 0 Å². The molecule has 0 aromatic heterocycles. The molecular formula is C13H24N2O2S. The van der Waals surface area contributed by atoms with E-state index < -0.39 is 0 Å². The molecule has 1 N–H and O–H groups in total. The lowest BCUT2D eigenvalue weighted by Crippen LogP contribution is -2.60. The molecule has 18 heavy (non-hydrogen) atoms. The minimum atomic E-state index is -0.295. The minimum absolute atomic E-state index is 0.0145. The van der Waals surface area contributed by atoms with Crippen molar-refractivity contribution < 1.29 is 9.59 Å². The van der Waals surface area contributed by atoms with Crippen molar-refractivity contribution >= 4 is 23.6 Å². The van der Waals surface area contributed by atoms with Gasteiger partial charge in [0.25, 0.3) is 0 Å². The Labute approximate surface area is 114 Å². The van der Waals surface area contributed by atoms with Crippen molar-refractivity contribution in [1.82, 2.24) is 10.2 Å². The van der Waals surface area contributed by atoms with Crippen LogP contribution in [0.3, 0.4) is 0 Å². The van der Waals surface area contributed by atoms with Gasteiger partial charge in [0.1, 0.15) is 6.04 Å². The van der Waals surface area contributed by atoms with E-state index in [0.29, 0.717) is 13.0 Å². The zero-order valence-corrected chi connectivity index (χ0v) is 12.6. The van der Waals surface area contributed by atoms with Gasteiger partial charge in [-0.3, -0.25) is 9.59 Å². The van der Waals surface area contributed by atoms with Gasteiger partial charge in [-0.2, -0.15) is 11.8 Å². The Morgan fingerprint density at radius 1 is 1.33 bits per heavy atom. The summed E-state index contributed by atoms with van der Waals surface area (Å²) in [7, 11) is 0. The molecule has 0 bridgehead atoms. The number of nitrogens with one attached hydrogen (secondary N) is 1. The first kappa shape index (κ1) is 15.3. The van der Waals surface area contributed by atoms with E-state index in [0.717, 1.165) is 12.8 Å². The molecule has 2 amide bonds. The van der Waals surface area contributed by atoms with Gasteiger partial charge in [-0.1, -0.05) is 20.8 Å². The first-order valence-corrected chi connectivity index (χ1v) is 7.88. The summed E-state index contributed by atoms with van der Waals surface area (Å²) in [6, 6.07) is -0.295. The fraction of sp³-hybridized carbons (Fsp3) is 0.846. The van der Waals surface area contributed by atoms with E-state index in [1.165, 1.54) is 0 Å². The van der Waals surface area contributed by atoms with Crippen LogP contribution in [0, 0.1) is 0 Å². The Balaban J connectivity index is 2.89. The van der Waals surface area contributed by atoms with E-state index in [4.69, 9.17) is 0 Å². The van der Waals surface area contributed by atoms with Gasteiger partial charge in [-0.05, 0) is 25.5 Å². The lowest BCUT2D eigenvalue weighted by molar-refractivity contribution is -0.146. The van der Waals surface area contributed by atoms with Gasteiger partial charge in [0.05, 0.1) is 6.54 Å². The van der Waals surface area contributed by atoms with Gasteiger partial charge in [0.15, 0.2) is 0 Å². The van der Waals surface area contributed by atoms with E-state index >= 15 is 0 Å². The van der Waals surface area contributed by atoms with Crippen molar-refractivity contribution in [3.05, 3.63) is 0 Å². The molecule has 1 aliphatic heterocycles. The van der Waals surface area contributed by atoms with Crippen LogP contribution in [0.15, 0.2) is 0 Å². The predicted octanol–water partition coefficient (Wildman–Crippen LogP) is 1.65. The smallest absolute Gasteiger partial charge is 0.243 e. The standard InChI is InChI=1S/C13H24N2O2S/c1-5-10-12(17)14-8-11(16)15(10)9-13(6-2,7-3)18-4/h10H,5-9H2,1-4H3,(H,14,17). The predicted molar refractivity (Wildman–Crippen MR) is 75.6 cm³/mol. The molecule has 1 aliphatic rings. The van der Waals surface area contributed by atoms with Crippen molar-refractivity contribution in [2.45, 2.75) is 50.8 Å². The molecule has 0 spiro atoms. The number of carbonyl (C=O) groups excluding carboxylic acids is 2. The molecule has 0 radical (unpaired) electrons. The fourth-order valence-electron chi connectivity index (χ4n) is 2.44. The Morgan fingerprint density at radius 3 is 2.39 bits per heavy atom. The average Bonchev–Trinajstić information content (AvgIpc) is 2.40. The second-order valence-electron chi connectivity index (χ2n) is 4.76. The van der Waals surface area contributed by atoms with Gasteiger partial charge in [0.2, 0.25) is 11.8 Å². The Kier molecular flexibility index (Phi) is 5.50. The van der Waals surface area contributed by atoms with Crippen LogP contribution in [0.25, 0.3) is 0 Å². The Bertz CT molecular complexity index is 308. The third-order valence-corrected chi connectivity index (χ3v) is 5.55. The summed E-state index contributed by atoms with van der Waals surface area (Å²) in [5, 5.41) is 2.67. The fourth-order valence-corrected chi connectivity index (χ4v) is 3.28. The van der Waals surface area contributed by atoms with Crippen LogP contribution >= 0.6 is 11.8 Å². The third-order valence-electron chi connectivity index (χ3n) is 3.98. The summed E-state index contributed by atoms with van der Waals surface area (Å²) < 4.78 is 0.0701. The number of carbonyl (C=O) groups is 2. The van der Waals surface area contributed by atoms with Gasteiger partial charge >= 0.3 is 0 Å². The highest BCUT2D eigenvalue weighted by Gasteiger charge is 2.38. The highest BCUT2D eigenvalue weighted by atomic mass is 32.2. The zero-order valence-electron chi connectivity index (χ0n) is 11.8. The van der Waals surface area contributed by atoms with Gasteiger partial charge in [0, 0.05) is 11.3 Å². The maximum absolute atomic E-state index is 12.0. The molecule has 1 saturated heterocycles. The lowest BCUT2D eigenvalue weighted by Gasteiger charge is -2.41. The Morgan fingerprint density at radius 2 is 1.94 bits per heavy atom. The van der Waals surface area contributed by atoms with Crippen molar-refractivity contribution in [1.29, 1.82) is 0 Å². The first-order valence-electron chi connectivity index (χ1n) is 6.65. The second-order valence-corrected chi connectivity index (χ2v) is 6.03. The molecule has 1 heterocycles. The number of thioether (sulfide) groups is 1. The summed E-state index contributed by atoms with van der Waals surface area (Å²) >= 11 is 1.80. The van der Waals surface area contributed by atoms with Gasteiger partial charge in [-0.15, -0.1) is 0 Å². The maximum Gasteiger partial charge on any atom is 0.243 e. The molecule has 5 heteroatoms. The van der Waals surface area contributed by atoms with Crippen LogP contribution in [-0.4, -0.2) is 46.8 Å². The first-order chi connectivity index (χ1) is 8.53. The monoisotopic (exact) mass is 272 g/mol. The molecule has 0 aromatic carbocycles. The summed E-state index contributed by atoms with van der Waals surface area (Å²) in [5.41, 5.74) is 0. The van der Waals surface area contributed by atoms with Gasteiger partial charge < -0.3 is 10.2 Å². The highest BCUT2D eigenvalue weighted by Crippen LogP contribution is 2.32. The summed E-state index contributed by atoms with van der Waals surface area (Å²) in [4.78, 5) is 25.6. The van der Waals surface area contributed by atoms with Crippen molar-refractivity contribution in [3.8, 4) is 0 Å². The summed E-state index contributed by atoms with van der Waals surface area (Å²) in [5.74, 6) is 0.0288. The van der Waals surface area contributed by atoms with Crippen LogP contribution < -0.4 is 5.32 Å². The zero-order chi connectivity index (χ0) is 13.8. The summed E-state index contributed by atoms with van der Waals surface area (Å²) in [6.07, 6.45) is 4.77. The number of hydrogen-bond donors (Lipinski definition) is 1. The SMILES string of the molecule is CCC1C(=O)NCC(=O)N1CC(CC)(CC)SC. The maximum atomic E-state index is 12.0. The number of hydrogen-bond acceptors (Lipinski definition) is 3. The molecule has 1 unspecified atom stereocenters. The van der Waals surface area contributed by atoms with Crippen molar-refractivity contribution in [3.63, 3.8) is 0 Å². The van der Waals surface area contributed by atoms with Crippen molar-refractivity contribution in [2.24, 2.45) is 0 Å². The number of rotatable bonds is 6. The van der Waals surface area contributed by atoms with E-state index in [-0.39, 0.29) is 29.1 Å². The molecule has 0 aliphatic carbocycles. The molecule has 0 saturated carbocycles. The van der Waals surface area contributed by atoms with E-state index in [1.54, 1.807) is 16.7 Å². The number of amides is 2. The molecule has 1 fully saturated rings. The van der Waals surface area contributed by atoms with Crippen LogP contribution in [0.5, 0.6) is 0 Å². The molecule has 104 valence electrons. The van der Waals surface area contributed by atoms with Gasteiger partial charge in [-0.25, -0.2) is 0 Å². The molecule has 0 aromatic rings. The third kappa shape index (κ3) is 2.99. The summed E-state index contributed by atoms with van der Waals surface area (Å²) in [6.45, 7) is 7.07. The lowest BCUT2D eigenvalue weighted by atomic mass is 9.99. The largest absolute Gasteiger partial charge is 0.345 e. The molecule has 4 nitrogen and oxygen atoms in total. The number of piperazine rings is 1. The number of nitrogens with zero attached hydrogens (tertiary/aromatic N) is 1. The van der Waals surface area contributed by atoms with Crippen molar-refractivity contribution in [2.75, 3.05) is 19.3 Å². The second kappa shape index (κ2) is 6.45. The Hall–Kier alpha value is -0.710. The quantitative estimate of drug-likeness (QED) is 0.800. The minimum Gasteiger partial charge on any atom is -0.345 e. The average molecular weight is 272 g/mol. The van der Waals surface area contributed by atoms with E-state index in [9.17, 15) is 9.59 Å². The highest BCUT2D eigenvalue weighted by molar-refractivity contribution is 8.00. The van der Waals surface area contributed by atoms with Crippen LogP contribution in [-0.2, 0) is 9.59 Å². The van der Waals surface area contributed by atoms with Crippen LogP contribution in [0.1, 0.15) is 40.0 Å². The van der Waals surface area contributed by atoms with Crippen LogP contribution in [0.4, 0.5) is 0 Å². The molecular weight excluding hydrogens is 248 g/mol. The normalized spacial score (nSPS) is 21.1. The molecule has 1 rings (SSSR count). The van der Waals surface area contributed by atoms with E-state index in [1.807, 2.05) is 6.92 Å². The molecule has 1 atom stereocenters. The van der Waals surface area contributed by atoms with E-state index in [2.05, 4.69) is 25.4 Å².